The molecule has 2 saturated heterocycles. The van der Waals surface area contributed by atoms with Gasteiger partial charge >= 0.3 is 0 Å². The van der Waals surface area contributed by atoms with Crippen molar-refractivity contribution in [1.82, 2.24) is 5.32 Å². The Balaban J connectivity index is 2.06. The molecule has 0 radical (unpaired) electrons. The lowest BCUT2D eigenvalue weighted by molar-refractivity contribution is -0.115. The quantitative estimate of drug-likeness (QED) is 0.844. The van der Waals surface area contributed by atoms with Gasteiger partial charge in [-0.05, 0) is 36.2 Å². The van der Waals surface area contributed by atoms with Crippen molar-refractivity contribution >= 4 is 34.7 Å². The van der Waals surface area contributed by atoms with E-state index in [1.165, 1.54) is 0 Å². The van der Waals surface area contributed by atoms with E-state index in [0.29, 0.717) is 22.3 Å². The number of benzene rings is 1. The largest absolute Gasteiger partial charge is 0.493 e. The minimum Gasteiger partial charge on any atom is -0.493 e. The first-order valence-electron chi connectivity index (χ1n) is 7.77. The van der Waals surface area contributed by atoms with Gasteiger partial charge in [0.25, 0.3) is 11.1 Å². The van der Waals surface area contributed by atoms with Gasteiger partial charge in [-0.25, -0.2) is 0 Å². The van der Waals surface area contributed by atoms with Crippen LogP contribution in [0.4, 0.5) is 10.5 Å². The summed E-state index contributed by atoms with van der Waals surface area (Å²) in [6, 6.07) is 3.78. The molecule has 2 amide bonds. The van der Waals surface area contributed by atoms with Crippen molar-refractivity contribution in [2.24, 2.45) is 5.92 Å². The Kier molecular flexibility index (Phi) is 4.71. The second-order valence-electron chi connectivity index (χ2n) is 5.96. The number of rotatable bonds is 4. The van der Waals surface area contributed by atoms with Crippen LogP contribution in [0.15, 0.2) is 17.0 Å². The molecule has 1 N–H and O–H groups in total. The van der Waals surface area contributed by atoms with Crippen LogP contribution in [0, 0.1) is 5.92 Å². The van der Waals surface area contributed by atoms with Crippen molar-refractivity contribution in [3.8, 4) is 11.5 Å². The van der Waals surface area contributed by atoms with E-state index >= 15 is 0 Å². The van der Waals surface area contributed by atoms with Crippen molar-refractivity contribution in [3.05, 3.63) is 22.6 Å². The summed E-state index contributed by atoms with van der Waals surface area (Å²) in [5.41, 5.74) is 1.83. The lowest BCUT2D eigenvalue weighted by atomic mass is 10.1. The maximum Gasteiger partial charge on any atom is 0.290 e. The minimum absolute atomic E-state index is 0.344. The molecular weight excluding hydrogens is 328 g/mol. The minimum atomic E-state index is -0.361. The lowest BCUT2D eigenvalue weighted by Crippen LogP contribution is -2.20. The molecule has 0 saturated carbocycles. The molecule has 0 spiro atoms. The van der Waals surface area contributed by atoms with Gasteiger partial charge in [0.1, 0.15) is 0 Å². The first-order chi connectivity index (χ1) is 11.5. The van der Waals surface area contributed by atoms with Gasteiger partial charge in [-0.3, -0.25) is 14.9 Å². The maximum atomic E-state index is 11.9. The number of amides is 2. The number of nitrogens with zero attached hydrogens (tertiary/aromatic N) is 1. The van der Waals surface area contributed by atoms with Crippen LogP contribution in [0.1, 0.15) is 18.9 Å². The van der Waals surface area contributed by atoms with Crippen LogP contribution in [0.2, 0.25) is 0 Å². The van der Waals surface area contributed by atoms with E-state index in [1.54, 1.807) is 20.3 Å². The second kappa shape index (κ2) is 6.76. The van der Waals surface area contributed by atoms with Crippen LogP contribution in [-0.2, 0) is 4.79 Å². The number of thioether (sulfide) groups is 1. The molecule has 0 aromatic heterocycles. The monoisotopic (exact) mass is 348 g/mol. The highest BCUT2D eigenvalue weighted by atomic mass is 32.2. The summed E-state index contributed by atoms with van der Waals surface area (Å²) in [5, 5.41) is 1.94. The van der Waals surface area contributed by atoms with Gasteiger partial charge in [0.15, 0.2) is 11.5 Å². The molecule has 0 aliphatic carbocycles. The zero-order chi connectivity index (χ0) is 17.3. The Morgan fingerprint density at radius 3 is 2.50 bits per heavy atom. The number of hydrogen-bond acceptors (Lipinski definition) is 6. The summed E-state index contributed by atoms with van der Waals surface area (Å²) in [5.74, 6) is 1.49. The van der Waals surface area contributed by atoms with Gasteiger partial charge in [-0.1, -0.05) is 6.92 Å². The Morgan fingerprint density at radius 1 is 1.25 bits per heavy atom. The van der Waals surface area contributed by atoms with Gasteiger partial charge in [-0.15, -0.1) is 0 Å². The van der Waals surface area contributed by atoms with E-state index in [-0.39, 0.29) is 11.1 Å². The lowest BCUT2D eigenvalue weighted by Gasteiger charge is -2.23. The third-order valence-corrected chi connectivity index (χ3v) is 5.04. The van der Waals surface area contributed by atoms with Crippen molar-refractivity contribution in [2.75, 3.05) is 32.2 Å². The molecule has 2 fully saturated rings. The average Bonchev–Trinajstić information content (AvgIpc) is 3.12. The van der Waals surface area contributed by atoms with Crippen LogP contribution in [0.5, 0.6) is 11.5 Å². The molecule has 2 aliphatic rings. The average molecular weight is 348 g/mol. The van der Waals surface area contributed by atoms with Gasteiger partial charge in [0, 0.05) is 30.4 Å². The summed E-state index contributed by atoms with van der Waals surface area (Å²) in [4.78, 5) is 25.9. The fourth-order valence-electron chi connectivity index (χ4n) is 2.99. The van der Waals surface area contributed by atoms with Crippen molar-refractivity contribution in [3.63, 3.8) is 0 Å². The zero-order valence-electron chi connectivity index (χ0n) is 13.9. The van der Waals surface area contributed by atoms with E-state index < -0.39 is 0 Å². The molecule has 1 aromatic rings. The number of ether oxygens (including phenoxy) is 2. The molecule has 128 valence electrons. The molecule has 1 aromatic carbocycles. The molecule has 2 aliphatic heterocycles. The Labute approximate surface area is 145 Å². The molecule has 1 atom stereocenters. The van der Waals surface area contributed by atoms with Gasteiger partial charge in [0.2, 0.25) is 0 Å². The highest BCUT2D eigenvalue weighted by molar-refractivity contribution is 8.18. The van der Waals surface area contributed by atoms with E-state index in [9.17, 15) is 9.59 Å². The molecule has 7 heteroatoms. The molecule has 6 nitrogen and oxygen atoms in total. The first-order valence-corrected chi connectivity index (χ1v) is 8.59. The maximum absolute atomic E-state index is 11.9. The van der Waals surface area contributed by atoms with Gasteiger partial charge in [-0.2, -0.15) is 0 Å². The second-order valence-corrected chi connectivity index (χ2v) is 6.97. The highest BCUT2D eigenvalue weighted by Gasteiger charge is 2.27. The van der Waals surface area contributed by atoms with Crippen LogP contribution in [0.3, 0.4) is 0 Å². The molecule has 1 unspecified atom stereocenters. The van der Waals surface area contributed by atoms with Gasteiger partial charge < -0.3 is 14.4 Å². The summed E-state index contributed by atoms with van der Waals surface area (Å²) in [6.45, 7) is 4.12. The van der Waals surface area contributed by atoms with Gasteiger partial charge in [0.05, 0.1) is 19.1 Å². The molecule has 2 heterocycles. The van der Waals surface area contributed by atoms with E-state index in [4.69, 9.17) is 9.47 Å². The third kappa shape index (κ3) is 3.21. The van der Waals surface area contributed by atoms with Crippen LogP contribution in [-0.4, -0.2) is 38.5 Å². The zero-order valence-corrected chi connectivity index (χ0v) is 14.7. The summed E-state index contributed by atoms with van der Waals surface area (Å²) in [7, 11) is 3.18. The van der Waals surface area contributed by atoms with Crippen LogP contribution in [0.25, 0.3) is 6.08 Å². The first kappa shape index (κ1) is 16.7. The van der Waals surface area contributed by atoms with E-state index in [1.807, 2.05) is 12.1 Å². The SMILES string of the molecule is COc1cc(/C=C2\SC(=O)NC2=O)c(N2CCC(C)C2)cc1OC. The van der Waals surface area contributed by atoms with Crippen LogP contribution >= 0.6 is 11.8 Å². The summed E-state index contributed by atoms with van der Waals surface area (Å²) < 4.78 is 10.8. The fraction of sp³-hybridized carbons (Fsp3) is 0.412. The van der Waals surface area contributed by atoms with Crippen molar-refractivity contribution < 1.29 is 19.1 Å². The fourth-order valence-corrected chi connectivity index (χ4v) is 3.66. The molecule has 24 heavy (non-hydrogen) atoms. The number of imide groups is 1. The van der Waals surface area contributed by atoms with Crippen molar-refractivity contribution in [2.45, 2.75) is 13.3 Å². The normalized spacial score (nSPS) is 22.2. The highest BCUT2D eigenvalue weighted by Crippen LogP contribution is 2.39. The Hall–Kier alpha value is -2.15. The molecule has 0 bridgehead atoms. The number of carbonyl (C=O) groups excluding carboxylic acids is 2. The summed E-state index contributed by atoms with van der Waals surface area (Å²) >= 11 is 0.915. The molecular formula is C17H20N2O4S. The topological polar surface area (TPSA) is 67.9 Å². The van der Waals surface area contributed by atoms with Crippen molar-refractivity contribution in [1.29, 1.82) is 0 Å². The standard InChI is InChI=1S/C17H20N2O4S/c1-10-4-5-19(9-10)12-8-14(23-3)13(22-2)6-11(12)7-15-16(20)18-17(21)24-15/h6-8,10H,4-5,9H2,1-3H3,(H,18,20,21)/b15-7-. The number of anilines is 1. The molecule has 3 rings (SSSR count). The number of nitrogens with one attached hydrogen (secondary N) is 1. The van der Waals surface area contributed by atoms with E-state index in [2.05, 4.69) is 17.1 Å². The third-order valence-electron chi connectivity index (χ3n) is 4.23. The Morgan fingerprint density at radius 2 is 1.96 bits per heavy atom. The van der Waals surface area contributed by atoms with E-state index in [0.717, 1.165) is 42.5 Å². The van der Waals surface area contributed by atoms with Crippen LogP contribution < -0.4 is 19.7 Å². The number of carbonyl (C=O) groups is 2. The predicted molar refractivity (Wildman–Crippen MR) is 94.6 cm³/mol. The number of methoxy groups -OCH3 is 2. The Bertz CT molecular complexity index is 717. The number of hydrogen-bond donors (Lipinski definition) is 1. The predicted octanol–water partition coefficient (Wildman–Crippen LogP) is 2.87. The summed E-state index contributed by atoms with van der Waals surface area (Å²) in [6.07, 6.45) is 2.86. The smallest absolute Gasteiger partial charge is 0.290 e.